The van der Waals surface area contributed by atoms with E-state index in [4.69, 9.17) is 9.47 Å². The molecule has 0 unspecified atom stereocenters. The summed E-state index contributed by atoms with van der Waals surface area (Å²) >= 11 is 0. The zero-order valence-corrected chi connectivity index (χ0v) is 8.53. The number of esters is 1. The Morgan fingerprint density at radius 3 is 3.20 bits per heavy atom. The van der Waals surface area contributed by atoms with E-state index in [9.17, 15) is 4.79 Å². The monoisotopic (exact) mass is 204 g/mol. The lowest BCUT2D eigenvalue weighted by Crippen LogP contribution is -2.10. The first-order valence-electron chi connectivity index (χ1n) is 4.92. The van der Waals surface area contributed by atoms with Gasteiger partial charge >= 0.3 is 5.97 Å². The third-order valence-electron chi connectivity index (χ3n) is 2.16. The van der Waals surface area contributed by atoms with E-state index < -0.39 is 0 Å². The van der Waals surface area contributed by atoms with Crippen LogP contribution in [0.25, 0.3) is 6.08 Å². The van der Waals surface area contributed by atoms with Crippen LogP contribution >= 0.6 is 0 Å². The van der Waals surface area contributed by atoms with Gasteiger partial charge < -0.3 is 9.47 Å². The maximum absolute atomic E-state index is 11.6. The van der Waals surface area contributed by atoms with Gasteiger partial charge in [-0.25, -0.2) is 4.79 Å². The molecule has 1 aromatic rings. The molecule has 0 saturated heterocycles. The second kappa shape index (κ2) is 4.17. The quantitative estimate of drug-likeness (QED) is 0.693. The van der Waals surface area contributed by atoms with Gasteiger partial charge in [-0.15, -0.1) is 0 Å². The molecule has 1 aliphatic rings. The van der Waals surface area contributed by atoms with Gasteiger partial charge in [-0.05, 0) is 19.1 Å². The van der Waals surface area contributed by atoms with Crippen molar-refractivity contribution in [2.45, 2.75) is 6.92 Å². The number of fused-ring (bicyclic) bond motifs is 1. The molecule has 0 spiro atoms. The second-order valence-corrected chi connectivity index (χ2v) is 3.16. The van der Waals surface area contributed by atoms with Crippen molar-refractivity contribution in [2.24, 2.45) is 0 Å². The Hall–Kier alpha value is -1.77. The van der Waals surface area contributed by atoms with Crippen molar-refractivity contribution < 1.29 is 14.3 Å². The first-order valence-corrected chi connectivity index (χ1v) is 4.92. The molecule has 1 heterocycles. The SMILES string of the molecule is CCOC(=O)c1cccc2c1OCC=C2. The summed E-state index contributed by atoms with van der Waals surface area (Å²) < 4.78 is 10.4. The van der Waals surface area contributed by atoms with Gasteiger partial charge in [0.05, 0.1) is 6.61 Å². The Labute approximate surface area is 88.3 Å². The highest BCUT2D eigenvalue weighted by molar-refractivity contribution is 5.94. The minimum Gasteiger partial charge on any atom is -0.488 e. The van der Waals surface area contributed by atoms with Gasteiger partial charge in [-0.2, -0.15) is 0 Å². The summed E-state index contributed by atoms with van der Waals surface area (Å²) in [6, 6.07) is 5.45. The fourth-order valence-electron chi connectivity index (χ4n) is 1.52. The van der Waals surface area contributed by atoms with E-state index in [1.54, 1.807) is 13.0 Å². The van der Waals surface area contributed by atoms with Crippen LogP contribution in [0.1, 0.15) is 22.8 Å². The number of carbonyl (C=O) groups excluding carboxylic acids is 1. The van der Waals surface area contributed by atoms with Gasteiger partial charge in [-0.3, -0.25) is 0 Å². The normalized spacial score (nSPS) is 12.9. The first kappa shape index (κ1) is 9.77. The van der Waals surface area contributed by atoms with Crippen LogP contribution in [0.2, 0.25) is 0 Å². The van der Waals surface area contributed by atoms with Crippen molar-refractivity contribution in [1.82, 2.24) is 0 Å². The van der Waals surface area contributed by atoms with E-state index in [2.05, 4.69) is 0 Å². The Morgan fingerprint density at radius 1 is 1.53 bits per heavy atom. The zero-order chi connectivity index (χ0) is 10.7. The van der Waals surface area contributed by atoms with Crippen molar-refractivity contribution in [1.29, 1.82) is 0 Å². The molecule has 0 aliphatic carbocycles. The molecule has 0 atom stereocenters. The predicted molar refractivity (Wildman–Crippen MR) is 56.9 cm³/mol. The summed E-state index contributed by atoms with van der Waals surface area (Å²) in [6.45, 7) is 2.66. The highest BCUT2D eigenvalue weighted by Crippen LogP contribution is 2.28. The molecule has 0 radical (unpaired) electrons. The largest absolute Gasteiger partial charge is 0.488 e. The lowest BCUT2D eigenvalue weighted by atomic mass is 10.1. The Kier molecular flexibility index (Phi) is 2.72. The van der Waals surface area contributed by atoms with Crippen LogP contribution in [0.3, 0.4) is 0 Å². The van der Waals surface area contributed by atoms with Crippen molar-refractivity contribution in [2.75, 3.05) is 13.2 Å². The van der Waals surface area contributed by atoms with Crippen LogP contribution in [0.5, 0.6) is 5.75 Å². The van der Waals surface area contributed by atoms with Crippen molar-refractivity contribution in [3.63, 3.8) is 0 Å². The lowest BCUT2D eigenvalue weighted by molar-refractivity contribution is 0.0522. The highest BCUT2D eigenvalue weighted by Gasteiger charge is 2.17. The number of para-hydroxylation sites is 1. The van der Waals surface area contributed by atoms with Gasteiger partial charge in [0.1, 0.15) is 17.9 Å². The molecule has 2 rings (SSSR count). The molecule has 1 aromatic carbocycles. The Balaban J connectivity index is 2.40. The summed E-state index contributed by atoms with van der Waals surface area (Å²) in [7, 11) is 0. The molecule has 0 bridgehead atoms. The molecule has 0 saturated carbocycles. The van der Waals surface area contributed by atoms with E-state index >= 15 is 0 Å². The molecule has 15 heavy (non-hydrogen) atoms. The number of carbonyl (C=O) groups is 1. The molecule has 0 amide bonds. The average Bonchev–Trinajstić information content (AvgIpc) is 2.28. The number of ether oxygens (including phenoxy) is 2. The molecule has 0 aromatic heterocycles. The fourth-order valence-corrected chi connectivity index (χ4v) is 1.52. The maximum atomic E-state index is 11.6. The first-order chi connectivity index (χ1) is 7.33. The molecule has 3 nitrogen and oxygen atoms in total. The molecule has 0 fully saturated rings. The summed E-state index contributed by atoms with van der Waals surface area (Å²) in [5.74, 6) is 0.295. The Bertz CT molecular complexity index is 407. The van der Waals surface area contributed by atoms with Crippen LogP contribution in [-0.4, -0.2) is 19.2 Å². The minimum atomic E-state index is -0.329. The predicted octanol–water partition coefficient (Wildman–Crippen LogP) is 2.27. The van der Waals surface area contributed by atoms with Gasteiger partial charge in [0.2, 0.25) is 0 Å². The second-order valence-electron chi connectivity index (χ2n) is 3.16. The average molecular weight is 204 g/mol. The maximum Gasteiger partial charge on any atom is 0.341 e. The molecular weight excluding hydrogens is 192 g/mol. The number of benzene rings is 1. The van der Waals surface area contributed by atoms with Crippen LogP contribution in [0, 0.1) is 0 Å². The molecule has 0 N–H and O–H groups in total. The number of hydrogen-bond donors (Lipinski definition) is 0. The highest BCUT2D eigenvalue weighted by atomic mass is 16.5. The topological polar surface area (TPSA) is 35.5 Å². The molecule has 1 aliphatic heterocycles. The van der Waals surface area contributed by atoms with E-state index in [1.807, 2.05) is 24.3 Å². The van der Waals surface area contributed by atoms with Crippen LogP contribution in [-0.2, 0) is 4.74 Å². The van der Waals surface area contributed by atoms with Gasteiger partial charge in [0.25, 0.3) is 0 Å². The molecule has 3 heteroatoms. The summed E-state index contributed by atoms with van der Waals surface area (Å²) in [6.07, 6.45) is 3.86. The van der Waals surface area contributed by atoms with E-state index in [-0.39, 0.29) is 5.97 Å². The van der Waals surface area contributed by atoms with Crippen molar-refractivity contribution in [3.05, 3.63) is 35.4 Å². The van der Waals surface area contributed by atoms with E-state index in [1.165, 1.54) is 0 Å². The summed E-state index contributed by atoms with van der Waals surface area (Å²) in [5, 5.41) is 0. The third kappa shape index (κ3) is 1.86. The van der Waals surface area contributed by atoms with Crippen LogP contribution in [0.4, 0.5) is 0 Å². The summed E-state index contributed by atoms with van der Waals surface area (Å²) in [5.41, 5.74) is 1.42. The van der Waals surface area contributed by atoms with Gasteiger partial charge in [0, 0.05) is 5.56 Å². The van der Waals surface area contributed by atoms with E-state index in [0.717, 1.165) is 5.56 Å². The van der Waals surface area contributed by atoms with Crippen LogP contribution < -0.4 is 4.74 Å². The molecular formula is C12H12O3. The number of rotatable bonds is 2. The lowest BCUT2D eigenvalue weighted by Gasteiger charge is -2.15. The van der Waals surface area contributed by atoms with E-state index in [0.29, 0.717) is 24.5 Å². The summed E-state index contributed by atoms with van der Waals surface area (Å²) in [4.78, 5) is 11.6. The van der Waals surface area contributed by atoms with Crippen molar-refractivity contribution >= 4 is 12.0 Å². The van der Waals surface area contributed by atoms with Crippen molar-refractivity contribution in [3.8, 4) is 5.75 Å². The van der Waals surface area contributed by atoms with Gasteiger partial charge in [0.15, 0.2) is 0 Å². The number of hydrogen-bond acceptors (Lipinski definition) is 3. The zero-order valence-electron chi connectivity index (χ0n) is 8.53. The van der Waals surface area contributed by atoms with Crippen LogP contribution in [0.15, 0.2) is 24.3 Å². The van der Waals surface area contributed by atoms with Gasteiger partial charge in [-0.1, -0.05) is 18.2 Å². The Morgan fingerprint density at radius 2 is 2.40 bits per heavy atom. The fraction of sp³-hybridized carbons (Fsp3) is 0.250. The third-order valence-corrected chi connectivity index (χ3v) is 2.16. The molecule has 78 valence electrons. The smallest absolute Gasteiger partial charge is 0.341 e. The standard InChI is InChI=1S/C12H12O3/c1-2-14-12(13)10-7-3-5-9-6-4-8-15-11(9)10/h3-7H,2,8H2,1H3. The minimum absolute atomic E-state index is 0.329.